The van der Waals surface area contributed by atoms with Crippen molar-refractivity contribution in [2.24, 2.45) is 5.92 Å². The van der Waals surface area contributed by atoms with E-state index < -0.39 is 40.8 Å². The third-order valence-electron chi connectivity index (χ3n) is 7.11. The summed E-state index contributed by atoms with van der Waals surface area (Å²) in [5, 5.41) is 13.6. The molecule has 5 nitrogen and oxygen atoms in total. The van der Waals surface area contributed by atoms with Crippen LogP contribution in [0.5, 0.6) is 0 Å². The molecule has 2 N–H and O–H groups in total. The number of benzene rings is 2. The summed E-state index contributed by atoms with van der Waals surface area (Å²) in [6.45, 7) is 5.44. The predicted molar refractivity (Wildman–Crippen MR) is 153 cm³/mol. The highest BCUT2D eigenvalue weighted by Gasteiger charge is 2.40. The van der Waals surface area contributed by atoms with Crippen molar-refractivity contribution in [3.8, 4) is 0 Å². The number of aliphatic hydroxyl groups is 1. The Morgan fingerprint density at radius 3 is 2.50 bits per heavy atom. The average molecular weight is 593 g/mol. The molecule has 1 heterocycles. The van der Waals surface area contributed by atoms with E-state index in [0.29, 0.717) is 21.8 Å². The van der Waals surface area contributed by atoms with Crippen molar-refractivity contribution in [3.63, 3.8) is 0 Å². The molecule has 0 radical (unpaired) electrons. The third kappa shape index (κ3) is 6.60. The number of aromatic nitrogens is 1. The highest BCUT2D eigenvalue weighted by Crippen LogP contribution is 2.40. The van der Waals surface area contributed by atoms with Crippen molar-refractivity contribution >= 4 is 39.6 Å². The number of nitrogens with one attached hydrogen (secondary N) is 1. The monoisotopic (exact) mass is 592 g/mol. The fraction of sp³-hybridized carbons (Fsp3) is 0.367. The minimum absolute atomic E-state index is 0.0167. The van der Waals surface area contributed by atoms with Gasteiger partial charge in [0.2, 0.25) is 0 Å². The maximum atomic E-state index is 13.8. The van der Waals surface area contributed by atoms with Crippen molar-refractivity contribution in [1.29, 1.82) is 0 Å². The van der Waals surface area contributed by atoms with Crippen LogP contribution in [0.1, 0.15) is 60.9 Å². The fourth-order valence-electron chi connectivity index (χ4n) is 5.16. The zero-order chi connectivity index (χ0) is 29.2. The maximum Gasteiger partial charge on any atom is 0.413 e. The van der Waals surface area contributed by atoms with Gasteiger partial charge in [-0.1, -0.05) is 29.8 Å². The molecule has 10 heteroatoms. The lowest BCUT2D eigenvalue weighted by molar-refractivity contribution is -0.0992. The molecular formula is C30H32ClF3N2O3S. The van der Waals surface area contributed by atoms with E-state index in [1.54, 1.807) is 48.5 Å². The van der Waals surface area contributed by atoms with Crippen LogP contribution in [0.15, 0.2) is 76.2 Å². The van der Waals surface area contributed by atoms with Crippen LogP contribution < -0.4 is 5.32 Å². The lowest BCUT2D eigenvalue weighted by Gasteiger charge is -2.25. The molecule has 0 aliphatic heterocycles. The highest BCUT2D eigenvalue weighted by atomic mass is 35.5. The number of amides is 1. The first-order chi connectivity index (χ1) is 18.9. The zero-order valence-electron chi connectivity index (χ0n) is 22.5. The second-order valence-electron chi connectivity index (χ2n) is 10.1. The Morgan fingerprint density at radius 1 is 1.20 bits per heavy atom. The first kappa shape index (κ1) is 30.2. The molecule has 0 spiro atoms. The van der Waals surface area contributed by atoms with Gasteiger partial charge in [0.15, 0.2) is 4.90 Å². The minimum atomic E-state index is -4.48. The van der Waals surface area contributed by atoms with Crippen LogP contribution in [0.25, 0.3) is 10.9 Å². The molecule has 0 fully saturated rings. The van der Waals surface area contributed by atoms with Gasteiger partial charge in [0.1, 0.15) is 5.75 Å². The van der Waals surface area contributed by atoms with E-state index in [1.807, 2.05) is 31.4 Å². The summed E-state index contributed by atoms with van der Waals surface area (Å²) in [4.78, 5) is 13.8. The third-order valence-corrected chi connectivity index (χ3v) is 8.69. The molecule has 0 bridgehead atoms. The summed E-state index contributed by atoms with van der Waals surface area (Å²) in [6, 6.07) is 13.3. The number of alkyl halides is 3. The van der Waals surface area contributed by atoms with Crippen LogP contribution in [0.4, 0.5) is 13.2 Å². The number of carbonyl (C=O) groups excluding carboxylic acids is 1. The number of rotatable bonds is 9. The van der Waals surface area contributed by atoms with Gasteiger partial charge in [-0.15, -0.1) is 0 Å². The molecule has 3 atom stereocenters. The molecule has 0 saturated carbocycles. The molecule has 1 aliphatic rings. The molecule has 1 amide bonds. The number of halogens is 4. The van der Waals surface area contributed by atoms with Gasteiger partial charge in [-0.2, -0.15) is 13.2 Å². The van der Waals surface area contributed by atoms with E-state index >= 15 is 0 Å². The Labute approximate surface area is 239 Å². The molecule has 214 valence electrons. The van der Waals surface area contributed by atoms with Gasteiger partial charge >= 0.3 is 6.18 Å². The van der Waals surface area contributed by atoms with Gasteiger partial charge in [-0.25, -0.2) is 0 Å². The molecule has 4 rings (SSSR count). The Kier molecular flexibility index (Phi) is 9.40. The molecule has 1 aliphatic carbocycles. The predicted octanol–water partition coefficient (Wildman–Crippen LogP) is 6.99. The van der Waals surface area contributed by atoms with Crippen LogP contribution in [0.3, 0.4) is 0 Å². The molecule has 2 aromatic carbocycles. The Bertz CT molecular complexity index is 1430. The maximum absolute atomic E-state index is 13.8. The topological polar surface area (TPSA) is 77.3 Å². The highest BCUT2D eigenvalue weighted by molar-refractivity contribution is 7.91. The van der Waals surface area contributed by atoms with E-state index in [1.165, 1.54) is 0 Å². The number of aliphatic hydroxyl groups excluding tert-OH is 1. The smallest absolute Gasteiger partial charge is 0.413 e. The summed E-state index contributed by atoms with van der Waals surface area (Å²) in [7, 11) is 0. The molecule has 1 aromatic heterocycles. The van der Waals surface area contributed by atoms with Gasteiger partial charge in [0, 0.05) is 38.8 Å². The molecule has 3 aromatic rings. The normalized spacial score (nSPS) is 17.5. The van der Waals surface area contributed by atoms with E-state index in [-0.39, 0.29) is 30.5 Å². The lowest BCUT2D eigenvalue weighted by atomic mass is 9.87. The first-order valence-electron chi connectivity index (χ1n) is 13.1. The van der Waals surface area contributed by atoms with Gasteiger partial charge in [0.25, 0.3) is 5.91 Å². The fourth-order valence-corrected chi connectivity index (χ4v) is 6.14. The van der Waals surface area contributed by atoms with Crippen LogP contribution in [0.2, 0.25) is 0 Å². The summed E-state index contributed by atoms with van der Waals surface area (Å²) >= 11 is 4.80. The number of fused-ring (bicyclic) bond motifs is 1. The quantitative estimate of drug-likeness (QED) is 0.263. The number of carbonyl (C=O) groups is 1. The largest absolute Gasteiger partial charge is 0.611 e. The number of hydrogen-bond donors (Lipinski definition) is 2. The van der Waals surface area contributed by atoms with Gasteiger partial charge in [-0.05, 0) is 98.7 Å². The van der Waals surface area contributed by atoms with E-state index in [9.17, 15) is 27.6 Å². The Balaban J connectivity index is 1.59. The van der Waals surface area contributed by atoms with Crippen molar-refractivity contribution in [2.45, 2.75) is 56.8 Å². The second-order valence-corrected chi connectivity index (χ2v) is 12.3. The Hall–Kier alpha value is -2.72. The number of hydrogen-bond acceptors (Lipinski definition) is 3. The van der Waals surface area contributed by atoms with E-state index in [2.05, 4.69) is 5.32 Å². The summed E-state index contributed by atoms with van der Waals surface area (Å²) in [5.74, 6) is -0.664. The van der Waals surface area contributed by atoms with Crippen LogP contribution in [0, 0.1) is 5.92 Å². The zero-order valence-corrected chi connectivity index (χ0v) is 24.0. The van der Waals surface area contributed by atoms with Crippen LogP contribution in [-0.2, 0) is 17.6 Å². The summed E-state index contributed by atoms with van der Waals surface area (Å²) < 4.78 is 55.3. The second kappa shape index (κ2) is 12.4. The van der Waals surface area contributed by atoms with Gasteiger partial charge in [0.05, 0.1) is 12.6 Å². The first-order valence-corrected chi connectivity index (χ1v) is 14.8. The molecule has 3 unspecified atom stereocenters. The summed E-state index contributed by atoms with van der Waals surface area (Å²) in [5.41, 5.74) is 1.97. The van der Waals surface area contributed by atoms with Gasteiger partial charge in [-0.3, -0.25) is 4.79 Å². The Morgan fingerprint density at radius 2 is 1.90 bits per heavy atom. The van der Waals surface area contributed by atoms with E-state index in [0.717, 1.165) is 22.7 Å². The lowest BCUT2D eigenvalue weighted by Crippen LogP contribution is -2.30. The van der Waals surface area contributed by atoms with Crippen LogP contribution in [-0.4, -0.2) is 38.7 Å². The molecular weight excluding hydrogens is 561 g/mol. The molecule has 40 heavy (non-hydrogen) atoms. The average Bonchev–Trinajstić information content (AvgIpc) is 3.29. The SMILES string of the molecule is CC[S+]([O-])c1ccc(C(CO)NC(=O)c2ccc3c(c2)cc(CC2CC=C(Cl)C=C2C(F)(F)F)n3C(C)C)cc1. The van der Waals surface area contributed by atoms with Crippen molar-refractivity contribution in [2.75, 3.05) is 12.4 Å². The van der Waals surface area contributed by atoms with E-state index in [4.69, 9.17) is 11.6 Å². The number of nitrogens with zero attached hydrogens (tertiary/aromatic N) is 1. The van der Waals surface area contributed by atoms with Crippen molar-refractivity contribution < 1.29 is 27.6 Å². The standard InChI is InChI=1S/C30H32ClF3N2O3S/c1-4-40(39)25-10-6-19(7-11-25)27(17-37)35-29(38)21-8-12-28-22(13-21)15-24(36(28)18(2)3)14-20-5-9-23(31)16-26(20)30(32,33)34/h6-13,15-16,18,20,27,37H,4-5,14,17H2,1-3H3,(H,35,38). The summed E-state index contributed by atoms with van der Waals surface area (Å²) in [6.07, 6.45) is -1.49. The van der Waals surface area contributed by atoms with Gasteiger partial charge < -0.3 is 19.5 Å². The minimum Gasteiger partial charge on any atom is -0.611 e. The molecule has 0 saturated heterocycles. The van der Waals surface area contributed by atoms with Crippen molar-refractivity contribution in [1.82, 2.24) is 9.88 Å². The van der Waals surface area contributed by atoms with Crippen molar-refractivity contribution in [3.05, 3.63) is 88.1 Å². The van der Waals surface area contributed by atoms with Crippen LogP contribution >= 0.6 is 11.6 Å². The number of allylic oxidation sites excluding steroid dienone is 4.